The van der Waals surface area contributed by atoms with Crippen LogP contribution in [0.15, 0.2) is 35.1 Å². The number of amides is 1. The van der Waals surface area contributed by atoms with Crippen LogP contribution >= 0.6 is 11.3 Å². The van der Waals surface area contributed by atoms with E-state index >= 15 is 0 Å². The molecule has 0 unspecified atom stereocenters. The Morgan fingerprint density at radius 1 is 1.12 bits per heavy atom. The van der Waals surface area contributed by atoms with Gasteiger partial charge in [-0.25, -0.2) is 9.67 Å². The van der Waals surface area contributed by atoms with Crippen molar-refractivity contribution in [2.75, 3.05) is 13.7 Å². The van der Waals surface area contributed by atoms with Gasteiger partial charge in [-0.1, -0.05) is 30.3 Å². The van der Waals surface area contributed by atoms with Crippen molar-refractivity contribution in [3.05, 3.63) is 68.1 Å². The van der Waals surface area contributed by atoms with Crippen molar-refractivity contribution in [3.8, 4) is 10.6 Å². The lowest BCUT2D eigenvalue weighted by atomic mass is 10.1. The average molecular weight is 455 g/mol. The molecule has 0 aliphatic rings. The number of carbonyl (C=O) groups is 2. The van der Waals surface area contributed by atoms with Crippen LogP contribution in [0.1, 0.15) is 38.6 Å². The molecule has 0 fully saturated rings. The van der Waals surface area contributed by atoms with E-state index in [9.17, 15) is 14.4 Å². The number of benzene rings is 1. The topological polar surface area (TPSA) is 94.4 Å². The largest absolute Gasteiger partial charge is 0.469 e. The first-order valence-corrected chi connectivity index (χ1v) is 11.0. The second kappa shape index (κ2) is 9.86. The minimum Gasteiger partial charge on any atom is -0.469 e. The van der Waals surface area contributed by atoms with Crippen molar-refractivity contribution < 1.29 is 14.3 Å². The van der Waals surface area contributed by atoms with E-state index in [-0.39, 0.29) is 30.4 Å². The molecule has 8 nitrogen and oxygen atoms in total. The summed E-state index contributed by atoms with van der Waals surface area (Å²) in [6, 6.07) is 9.56. The molecule has 0 spiro atoms. The fraction of sp³-hybridized carbons (Fsp3) is 0.348. The zero-order valence-electron chi connectivity index (χ0n) is 18.8. The monoisotopic (exact) mass is 454 g/mol. The molecule has 3 aromatic rings. The molecule has 0 radical (unpaired) electrons. The molecule has 0 bridgehead atoms. The highest BCUT2D eigenvalue weighted by Gasteiger charge is 2.25. The second-order valence-electron chi connectivity index (χ2n) is 7.49. The SMILES string of the molecule is COC(=O)CCN(Cc1ccccc1)C(=O)c1sc(-c2c(C)c(C)nn(C)c2=O)nc1C. The Balaban J connectivity index is 1.98. The van der Waals surface area contributed by atoms with Gasteiger partial charge in [0.25, 0.3) is 11.5 Å². The van der Waals surface area contributed by atoms with Gasteiger partial charge < -0.3 is 9.64 Å². The zero-order valence-corrected chi connectivity index (χ0v) is 19.7. The first-order chi connectivity index (χ1) is 15.2. The van der Waals surface area contributed by atoms with Gasteiger partial charge in [-0.05, 0) is 31.9 Å². The highest BCUT2D eigenvalue weighted by atomic mass is 32.1. The number of hydrogen-bond acceptors (Lipinski definition) is 7. The fourth-order valence-electron chi connectivity index (χ4n) is 3.33. The molecule has 0 atom stereocenters. The first kappa shape index (κ1) is 23.3. The highest BCUT2D eigenvalue weighted by molar-refractivity contribution is 7.17. The third-order valence-corrected chi connectivity index (χ3v) is 6.41. The van der Waals surface area contributed by atoms with E-state index in [4.69, 9.17) is 4.74 Å². The van der Waals surface area contributed by atoms with Gasteiger partial charge in [0, 0.05) is 20.1 Å². The van der Waals surface area contributed by atoms with Crippen molar-refractivity contribution in [2.24, 2.45) is 7.05 Å². The lowest BCUT2D eigenvalue weighted by molar-refractivity contribution is -0.140. The molecule has 1 amide bonds. The highest BCUT2D eigenvalue weighted by Crippen LogP contribution is 2.30. The quantitative estimate of drug-likeness (QED) is 0.510. The van der Waals surface area contributed by atoms with Crippen molar-refractivity contribution >= 4 is 23.2 Å². The average Bonchev–Trinajstić information content (AvgIpc) is 3.16. The summed E-state index contributed by atoms with van der Waals surface area (Å²) in [5, 5.41) is 4.70. The molecule has 0 aliphatic carbocycles. The number of hydrogen-bond donors (Lipinski definition) is 0. The Hall–Kier alpha value is -3.33. The van der Waals surface area contributed by atoms with Crippen LogP contribution in [0.4, 0.5) is 0 Å². The predicted molar refractivity (Wildman–Crippen MR) is 123 cm³/mol. The van der Waals surface area contributed by atoms with Crippen LogP contribution in [0.25, 0.3) is 10.6 Å². The van der Waals surface area contributed by atoms with E-state index < -0.39 is 0 Å². The molecule has 0 aliphatic heterocycles. The van der Waals surface area contributed by atoms with Crippen LogP contribution in [-0.2, 0) is 23.1 Å². The van der Waals surface area contributed by atoms with Crippen LogP contribution in [0.2, 0.25) is 0 Å². The lowest BCUT2D eigenvalue weighted by Crippen LogP contribution is -2.32. The van der Waals surface area contributed by atoms with Crippen LogP contribution < -0.4 is 5.56 Å². The number of carbonyl (C=O) groups excluding carboxylic acids is 2. The lowest BCUT2D eigenvalue weighted by Gasteiger charge is -2.22. The van der Waals surface area contributed by atoms with E-state index in [1.807, 2.05) is 44.2 Å². The van der Waals surface area contributed by atoms with E-state index in [2.05, 4.69) is 10.1 Å². The van der Waals surface area contributed by atoms with E-state index in [1.165, 1.54) is 23.1 Å². The molecule has 1 aromatic carbocycles. The Morgan fingerprint density at radius 2 is 1.81 bits per heavy atom. The molecule has 0 saturated carbocycles. The summed E-state index contributed by atoms with van der Waals surface area (Å²) in [5.41, 5.74) is 3.16. The number of esters is 1. The Labute approximate surface area is 190 Å². The summed E-state index contributed by atoms with van der Waals surface area (Å²) in [5.74, 6) is -0.622. The van der Waals surface area contributed by atoms with Gasteiger partial charge in [0.15, 0.2) is 0 Å². The third kappa shape index (κ3) is 4.94. The summed E-state index contributed by atoms with van der Waals surface area (Å²) < 4.78 is 6.03. The summed E-state index contributed by atoms with van der Waals surface area (Å²) in [7, 11) is 2.92. The minimum absolute atomic E-state index is 0.0863. The fourth-order valence-corrected chi connectivity index (χ4v) is 4.46. The number of aromatic nitrogens is 3. The van der Waals surface area contributed by atoms with Gasteiger partial charge in [0.1, 0.15) is 9.88 Å². The first-order valence-electron chi connectivity index (χ1n) is 10.1. The molecule has 0 N–H and O–H groups in total. The van der Waals surface area contributed by atoms with Crippen LogP contribution in [-0.4, -0.2) is 45.2 Å². The number of ether oxygens (including phenoxy) is 1. The molecule has 9 heteroatoms. The zero-order chi connectivity index (χ0) is 23.4. The van der Waals surface area contributed by atoms with E-state index in [0.717, 1.165) is 16.8 Å². The van der Waals surface area contributed by atoms with Crippen molar-refractivity contribution in [3.63, 3.8) is 0 Å². The summed E-state index contributed by atoms with van der Waals surface area (Å²) in [6.07, 6.45) is 0.0863. The molecule has 3 rings (SSSR count). The molecule has 2 heterocycles. The van der Waals surface area contributed by atoms with E-state index in [0.29, 0.717) is 27.7 Å². The van der Waals surface area contributed by atoms with Gasteiger partial charge in [-0.2, -0.15) is 5.10 Å². The van der Waals surface area contributed by atoms with Gasteiger partial charge >= 0.3 is 5.97 Å². The Bertz CT molecular complexity index is 1200. The van der Waals surface area contributed by atoms with Crippen LogP contribution in [0.5, 0.6) is 0 Å². The number of nitrogens with zero attached hydrogens (tertiary/aromatic N) is 4. The Morgan fingerprint density at radius 3 is 2.47 bits per heavy atom. The van der Waals surface area contributed by atoms with Crippen molar-refractivity contribution in [2.45, 2.75) is 33.7 Å². The van der Waals surface area contributed by atoms with Gasteiger partial charge in [0.05, 0.1) is 30.5 Å². The number of thiazole rings is 1. The normalized spacial score (nSPS) is 10.8. The van der Waals surface area contributed by atoms with Crippen LogP contribution in [0.3, 0.4) is 0 Å². The van der Waals surface area contributed by atoms with Crippen LogP contribution in [0, 0.1) is 20.8 Å². The maximum Gasteiger partial charge on any atom is 0.307 e. The molecule has 2 aromatic heterocycles. The molecule has 168 valence electrons. The van der Waals surface area contributed by atoms with Crippen molar-refractivity contribution in [1.82, 2.24) is 19.7 Å². The van der Waals surface area contributed by atoms with Gasteiger partial charge in [-0.3, -0.25) is 14.4 Å². The molecule has 0 saturated heterocycles. The number of aryl methyl sites for hydroxylation is 3. The van der Waals surface area contributed by atoms with E-state index in [1.54, 1.807) is 18.9 Å². The maximum absolute atomic E-state index is 13.5. The summed E-state index contributed by atoms with van der Waals surface area (Å²) in [6.45, 7) is 5.97. The molecular weight excluding hydrogens is 428 g/mol. The van der Waals surface area contributed by atoms with Gasteiger partial charge in [-0.15, -0.1) is 11.3 Å². The maximum atomic E-state index is 13.5. The third-order valence-electron chi connectivity index (χ3n) is 5.25. The van der Waals surface area contributed by atoms with Gasteiger partial charge in [0.2, 0.25) is 0 Å². The standard InChI is InChI=1S/C23H26N4O4S/c1-14-15(2)25-26(4)22(29)19(14)21-24-16(3)20(32-21)23(30)27(12-11-18(28)31-5)13-17-9-7-6-8-10-17/h6-10H,11-13H2,1-5H3. The predicted octanol–water partition coefficient (Wildman–Crippen LogP) is 3.03. The number of rotatable bonds is 7. The molecular formula is C23H26N4O4S. The Kier molecular flexibility index (Phi) is 7.19. The van der Waals surface area contributed by atoms with Crippen molar-refractivity contribution in [1.29, 1.82) is 0 Å². The number of methoxy groups -OCH3 is 1. The molecule has 32 heavy (non-hydrogen) atoms. The second-order valence-corrected chi connectivity index (χ2v) is 8.49. The summed E-state index contributed by atoms with van der Waals surface area (Å²) >= 11 is 1.19. The smallest absolute Gasteiger partial charge is 0.307 e. The minimum atomic E-state index is -0.385. The summed E-state index contributed by atoms with van der Waals surface area (Å²) in [4.78, 5) is 44.5.